The predicted molar refractivity (Wildman–Crippen MR) is 68.3 cm³/mol. The Bertz CT molecular complexity index is 463. The van der Waals surface area contributed by atoms with Gasteiger partial charge in [-0.15, -0.1) is 0 Å². The van der Waals surface area contributed by atoms with Crippen molar-refractivity contribution in [3.8, 4) is 0 Å². The van der Waals surface area contributed by atoms with Crippen LogP contribution in [0.5, 0.6) is 0 Å². The molecule has 0 bridgehead atoms. The summed E-state index contributed by atoms with van der Waals surface area (Å²) in [5.74, 6) is 0. The van der Waals surface area contributed by atoms with Crippen LogP contribution in [-0.4, -0.2) is 17.7 Å². The average molecular weight is 285 g/mol. The van der Waals surface area contributed by atoms with Gasteiger partial charge in [0, 0.05) is 17.7 Å². The molecule has 0 saturated heterocycles. The van der Waals surface area contributed by atoms with Crippen molar-refractivity contribution in [3.63, 3.8) is 0 Å². The number of pyridine rings is 1. The fourth-order valence-corrected chi connectivity index (χ4v) is 2.78. The van der Waals surface area contributed by atoms with Gasteiger partial charge in [-0.25, -0.2) is 5.32 Å². The zero-order valence-corrected chi connectivity index (χ0v) is 12.5. The van der Waals surface area contributed by atoms with Crippen molar-refractivity contribution in [2.45, 2.75) is 46.1 Å². The number of carbonyl (C=O) groups is 1. The highest BCUT2D eigenvalue weighted by atomic mass is 35.5. The molecule has 1 heterocycles. The first-order valence-electron chi connectivity index (χ1n) is 6.60. The number of amides is 1. The number of ether oxygens (including phenoxy) is 1. The minimum atomic E-state index is -0.213. The van der Waals surface area contributed by atoms with Gasteiger partial charge in [0.1, 0.15) is 6.04 Å². The summed E-state index contributed by atoms with van der Waals surface area (Å²) in [5, 5.41) is 1.71. The van der Waals surface area contributed by atoms with E-state index in [1.54, 1.807) is 5.32 Å². The van der Waals surface area contributed by atoms with Crippen LogP contribution in [0.25, 0.3) is 0 Å². The molecule has 1 aliphatic carbocycles. The highest BCUT2D eigenvalue weighted by Gasteiger charge is 2.28. The number of hydrogen-bond acceptors (Lipinski definition) is 3. The van der Waals surface area contributed by atoms with Crippen LogP contribution >= 0.6 is 0 Å². The minimum Gasteiger partial charge on any atom is -1.00 e. The lowest BCUT2D eigenvalue weighted by molar-refractivity contribution is -0.616. The van der Waals surface area contributed by atoms with Gasteiger partial charge in [-0.3, -0.25) is 4.98 Å². The summed E-state index contributed by atoms with van der Waals surface area (Å²) in [4.78, 5) is 16.2. The van der Waals surface area contributed by atoms with E-state index in [-0.39, 0.29) is 24.5 Å². The van der Waals surface area contributed by atoms with Crippen molar-refractivity contribution in [2.24, 2.45) is 0 Å². The summed E-state index contributed by atoms with van der Waals surface area (Å²) in [5.41, 5.74) is 4.69. The van der Waals surface area contributed by atoms with Crippen molar-refractivity contribution in [1.82, 2.24) is 4.98 Å². The minimum absolute atomic E-state index is 0. The van der Waals surface area contributed by atoms with E-state index < -0.39 is 0 Å². The zero-order valence-electron chi connectivity index (χ0n) is 11.7. The summed E-state index contributed by atoms with van der Waals surface area (Å²) in [6, 6.07) is 2.26. The van der Waals surface area contributed by atoms with Gasteiger partial charge in [0.15, 0.2) is 0 Å². The van der Waals surface area contributed by atoms with Gasteiger partial charge in [0.05, 0.1) is 12.3 Å². The standard InChI is InChI=1S/C14H20N2O2.ClH/c1-4-18-14(17)16-12-7-5-6-11-13(12)9(2)8-10(3)15-11;/h8,12H,4-7H2,1-3H3,(H,16,17);1H. The van der Waals surface area contributed by atoms with Crippen molar-refractivity contribution in [3.05, 3.63) is 28.6 Å². The van der Waals surface area contributed by atoms with Crippen LogP contribution in [0.3, 0.4) is 0 Å². The first-order valence-corrected chi connectivity index (χ1v) is 6.60. The Labute approximate surface area is 120 Å². The number of nitrogens with two attached hydrogens (primary N) is 1. The molecular weight excluding hydrogens is 264 g/mol. The second-order valence-electron chi connectivity index (χ2n) is 4.86. The van der Waals surface area contributed by atoms with E-state index in [1.165, 1.54) is 11.1 Å². The second-order valence-corrected chi connectivity index (χ2v) is 4.86. The summed E-state index contributed by atoms with van der Waals surface area (Å²) in [6.07, 6.45) is 2.90. The van der Waals surface area contributed by atoms with Gasteiger partial charge in [0.2, 0.25) is 0 Å². The van der Waals surface area contributed by atoms with E-state index >= 15 is 0 Å². The maximum Gasteiger partial charge on any atom is 0.513 e. The van der Waals surface area contributed by atoms with Gasteiger partial charge in [-0.05, 0) is 45.2 Å². The van der Waals surface area contributed by atoms with Gasteiger partial charge >= 0.3 is 6.09 Å². The van der Waals surface area contributed by atoms with E-state index in [9.17, 15) is 4.79 Å². The molecule has 19 heavy (non-hydrogen) atoms. The van der Waals surface area contributed by atoms with Gasteiger partial charge in [-0.1, -0.05) is 0 Å². The summed E-state index contributed by atoms with van der Waals surface area (Å²) >= 11 is 0. The normalized spacial score (nSPS) is 17.3. The number of halogens is 1. The van der Waals surface area contributed by atoms with Crippen molar-refractivity contribution >= 4 is 6.09 Å². The van der Waals surface area contributed by atoms with Crippen LogP contribution in [0.1, 0.15) is 48.3 Å². The molecule has 1 aromatic rings. The Morgan fingerprint density at radius 3 is 2.95 bits per heavy atom. The molecule has 1 unspecified atom stereocenters. The van der Waals surface area contributed by atoms with Crippen LogP contribution in [0.15, 0.2) is 6.07 Å². The SMILES string of the molecule is CCOC(=O)[NH2+]C1CCCc2nc(C)cc(C)c21.[Cl-]. The van der Waals surface area contributed by atoms with Crippen LogP contribution in [0, 0.1) is 13.8 Å². The molecule has 1 aliphatic rings. The van der Waals surface area contributed by atoms with Crippen LogP contribution in [-0.2, 0) is 11.2 Å². The van der Waals surface area contributed by atoms with Crippen molar-refractivity contribution in [1.29, 1.82) is 0 Å². The molecule has 2 rings (SSSR count). The lowest BCUT2D eigenvalue weighted by Gasteiger charge is -2.24. The number of quaternary nitrogens is 1. The molecule has 4 nitrogen and oxygen atoms in total. The van der Waals surface area contributed by atoms with Crippen molar-refractivity contribution < 1.29 is 27.3 Å². The molecule has 106 valence electrons. The average Bonchev–Trinajstić information content (AvgIpc) is 2.28. The molecule has 5 heteroatoms. The summed E-state index contributed by atoms with van der Waals surface area (Å²) in [6.45, 7) is 6.38. The summed E-state index contributed by atoms with van der Waals surface area (Å²) < 4.78 is 5.01. The third-order valence-corrected chi connectivity index (χ3v) is 3.40. The van der Waals surface area contributed by atoms with E-state index in [4.69, 9.17) is 4.74 Å². The van der Waals surface area contributed by atoms with E-state index in [1.807, 2.05) is 13.8 Å². The van der Waals surface area contributed by atoms with Crippen LogP contribution in [0.4, 0.5) is 4.79 Å². The molecular formula is C14H21ClN2O2. The number of primary amides is 1. The maximum atomic E-state index is 11.6. The number of hydrogen-bond donors (Lipinski definition) is 1. The highest BCUT2D eigenvalue weighted by molar-refractivity contribution is 5.56. The number of fused-ring (bicyclic) bond motifs is 1. The molecule has 0 spiro atoms. The quantitative estimate of drug-likeness (QED) is 0.742. The van der Waals surface area contributed by atoms with E-state index in [0.29, 0.717) is 6.61 Å². The Kier molecular flexibility index (Phi) is 5.76. The van der Waals surface area contributed by atoms with E-state index in [0.717, 1.165) is 30.7 Å². The third kappa shape index (κ3) is 3.67. The number of rotatable bonds is 2. The largest absolute Gasteiger partial charge is 1.00 e. The van der Waals surface area contributed by atoms with Crippen molar-refractivity contribution in [2.75, 3.05) is 6.61 Å². The fraction of sp³-hybridized carbons (Fsp3) is 0.571. The molecule has 2 N–H and O–H groups in total. The molecule has 0 saturated carbocycles. The Hall–Kier alpha value is -1.13. The van der Waals surface area contributed by atoms with Gasteiger partial charge < -0.3 is 17.1 Å². The number of aryl methyl sites for hydroxylation is 3. The molecule has 1 aromatic heterocycles. The smallest absolute Gasteiger partial charge is 0.513 e. The monoisotopic (exact) mass is 284 g/mol. The molecule has 0 aromatic carbocycles. The predicted octanol–water partition coefficient (Wildman–Crippen LogP) is -1.20. The third-order valence-electron chi connectivity index (χ3n) is 3.40. The first kappa shape index (κ1) is 15.9. The molecule has 1 atom stereocenters. The molecule has 0 fully saturated rings. The van der Waals surface area contributed by atoms with Crippen LogP contribution < -0.4 is 17.7 Å². The highest BCUT2D eigenvalue weighted by Crippen LogP contribution is 2.28. The first-order chi connectivity index (χ1) is 8.61. The Balaban J connectivity index is 0.00000180. The Morgan fingerprint density at radius 1 is 1.53 bits per heavy atom. The number of aromatic nitrogens is 1. The zero-order chi connectivity index (χ0) is 13.1. The lowest BCUT2D eigenvalue weighted by Crippen LogP contribution is -3.00. The molecule has 1 amide bonds. The molecule has 0 aliphatic heterocycles. The fourth-order valence-electron chi connectivity index (χ4n) is 2.78. The van der Waals surface area contributed by atoms with Crippen LogP contribution in [0.2, 0.25) is 0 Å². The van der Waals surface area contributed by atoms with Gasteiger partial charge in [0.25, 0.3) is 0 Å². The summed E-state index contributed by atoms with van der Waals surface area (Å²) in [7, 11) is 0. The molecule has 0 radical (unpaired) electrons. The van der Waals surface area contributed by atoms with Gasteiger partial charge in [-0.2, -0.15) is 4.79 Å². The maximum absolute atomic E-state index is 11.6. The lowest BCUT2D eigenvalue weighted by atomic mass is 9.88. The number of nitrogens with zero attached hydrogens (tertiary/aromatic N) is 1. The van der Waals surface area contributed by atoms with E-state index in [2.05, 4.69) is 18.0 Å². The Morgan fingerprint density at radius 2 is 2.26 bits per heavy atom. The second kappa shape index (κ2) is 6.87. The number of carbonyl (C=O) groups excluding carboxylic acids is 1. The topological polar surface area (TPSA) is 55.8 Å².